The summed E-state index contributed by atoms with van der Waals surface area (Å²) in [6, 6.07) is 0. The SMILES string of the molecule is CC(C)(C)[S][Sn][S]C(C)(C)C. The topological polar surface area (TPSA) is 0 Å². The van der Waals surface area contributed by atoms with Crippen molar-refractivity contribution in [2.75, 3.05) is 0 Å². The molecule has 0 amide bonds. The van der Waals surface area contributed by atoms with E-state index >= 15 is 0 Å². The molecule has 0 rings (SSSR count). The minimum absolute atomic E-state index is 0.225. The van der Waals surface area contributed by atoms with Gasteiger partial charge in [-0.15, -0.1) is 0 Å². The summed E-state index contributed by atoms with van der Waals surface area (Å²) in [5.41, 5.74) is 0. The van der Waals surface area contributed by atoms with Crippen molar-refractivity contribution in [2.24, 2.45) is 0 Å². The van der Waals surface area contributed by atoms with Gasteiger partial charge in [-0.25, -0.2) is 0 Å². The van der Waals surface area contributed by atoms with Crippen molar-refractivity contribution in [2.45, 2.75) is 51.0 Å². The van der Waals surface area contributed by atoms with E-state index in [1.165, 1.54) is 0 Å². The van der Waals surface area contributed by atoms with E-state index in [1.54, 1.807) is 0 Å². The maximum absolute atomic E-state index is 2.31. The monoisotopic (exact) mass is 298 g/mol. The second kappa shape index (κ2) is 4.66. The van der Waals surface area contributed by atoms with Crippen LogP contribution in [0.3, 0.4) is 0 Å². The third-order valence-corrected chi connectivity index (χ3v) is 17.4. The fraction of sp³-hybridized carbons (Fsp3) is 1.00. The van der Waals surface area contributed by atoms with Crippen LogP contribution in [0.15, 0.2) is 0 Å². The summed E-state index contributed by atoms with van der Waals surface area (Å²) in [6.45, 7) is 13.8. The molecule has 0 saturated carbocycles. The van der Waals surface area contributed by atoms with Crippen molar-refractivity contribution in [1.29, 1.82) is 0 Å². The summed E-state index contributed by atoms with van der Waals surface area (Å²) in [5.74, 6) is 0. The van der Waals surface area contributed by atoms with Crippen LogP contribution in [0, 0.1) is 0 Å². The Labute approximate surface area is 86.8 Å². The Balaban J connectivity index is 3.44. The Kier molecular flexibility index (Phi) is 5.29. The standard InChI is InChI=1S/2C4H10S.Sn/c2*1-4(2,3)5;/h2*5H,1-3H3;/q;;+2/p-2. The summed E-state index contributed by atoms with van der Waals surface area (Å²) in [4.78, 5) is 0. The van der Waals surface area contributed by atoms with Crippen molar-refractivity contribution in [3.63, 3.8) is 0 Å². The first-order chi connectivity index (χ1) is 4.71. The van der Waals surface area contributed by atoms with Crippen molar-refractivity contribution >= 4 is 36.3 Å². The van der Waals surface area contributed by atoms with Gasteiger partial charge in [-0.3, -0.25) is 0 Å². The molecule has 0 aliphatic carbocycles. The van der Waals surface area contributed by atoms with Crippen LogP contribution in [-0.2, 0) is 0 Å². The second-order valence-corrected chi connectivity index (χ2v) is 15.8. The summed E-state index contributed by atoms with van der Waals surface area (Å²) >= 11 is -0.225. The summed E-state index contributed by atoms with van der Waals surface area (Å²) in [5, 5.41) is 0. The van der Waals surface area contributed by atoms with Gasteiger partial charge in [0.25, 0.3) is 0 Å². The first-order valence-electron chi connectivity index (χ1n) is 3.82. The minimum atomic E-state index is -0.225. The fourth-order valence-electron chi connectivity index (χ4n) is 0.271. The van der Waals surface area contributed by atoms with E-state index in [-0.39, 0.29) is 18.4 Å². The van der Waals surface area contributed by atoms with Crippen LogP contribution in [0.2, 0.25) is 0 Å². The zero-order valence-corrected chi connectivity index (χ0v) is 12.8. The molecule has 0 nitrogen and oxygen atoms in total. The number of hydrogen-bond donors (Lipinski definition) is 0. The molecule has 2 radical (unpaired) electrons. The van der Waals surface area contributed by atoms with E-state index in [0.717, 1.165) is 0 Å². The molecule has 0 heterocycles. The van der Waals surface area contributed by atoms with Crippen LogP contribution in [0.25, 0.3) is 0 Å². The molecule has 0 unspecified atom stereocenters. The van der Waals surface area contributed by atoms with Gasteiger partial charge in [-0.05, 0) is 0 Å². The van der Waals surface area contributed by atoms with Gasteiger partial charge < -0.3 is 0 Å². The molecule has 0 aromatic carbocycles. The van der Waals surface area contributed by atoms with Crippen LogP contribution >= 0.6 is 17.9 Å². The molecule has 0 aromatic rings. The first kappa shape index (κ1) is 12.5. The van der Waals surface area contributed by atoms with Crippen LogP contribution in [0.5, 0.6) is 0 Å². The van der Waals surface area contributed by atoms with Crippen molar-refractivity contribution in [3.8, 4) is 0 Å². The Hall–Kier alpha value is 1.50. The number of rotatable bonds is 2. The van der Waals surface area contributed by atoms with Crippen molar-refractivity contribution < 1.29 is 0 Å². The summed E-state index contributed by atoms with van der Waals surface area (Å²) in [7, 11) is 4.39. The van der Waals surface area contributed by atoms with Gasteiger partial charge in [-0.2, -0.15) is 0 Å². The van der Waals surface area contributed by atoms with Crippen LogP contribution in [-0.4, -0.2) is 27.9 Å². The van der Waals surface area contributed by atoms with Gasteiger partial charge in [-0.1, -0.05) is 0 Å². The van der Waals surface area contributed by atoms with E-state index < -0.39 is 0 Å². The Morgan fingerprint density at radius 2 is 1.00 bits per heavy atom. The molecule has 0 saturated heterocycles. The van der Waals surface area contributed by atoms with Crippen molar-refractivity contribution in [1.82, 2.24) is 0 Å². The number of hydrogen-bond acceptors (Lipinski definition) is 2. The fourth-order valence-corrected chi connectivity index (χ4v) is 16.4. The molecule has 0 fully saturated rings. The zero-order valence-electron chi connectivity index (χ0n) is 8.32. The maximum atomic E-state index is 2.31. The molecule has 3 heteroatoms. The quantitative estimate of drug-likeness (QED) is 0.714. The molecule has 0 bridgehead atoms. The van der Waals surface area contributed by atoms with Gasteiger partial charge >= 0.3 is 87.3 Å². The van der Waals surface area contributed by atoms with E-state index in [2.05, 4.69) is 59.4 Å². The summed E-state index contributed by atoms with van der Waals surface area (Å²) < 4.78 is 0.981. The zero-order chi connectivity index (χ0) is 9.12. The van der Waals surface area contributed by atoms with Crippen LogP contribution < -0.4 is 0 Å². The molecule has 66 valence electrons. The van der Waals surface area contributed by atoms with Crippen molar-refractivity contribution in [3.05, 3.63) is 0 Å². The van der Waals surface area contributed by atoms with Crippen LogP contribution in [0.1, 0.15) is 41.5 Å². The molecular formula is C8H18S2Sn. The first-order valence-corrected chi connectivity index (χ1v) is 12.4. The molecule has 0 spiro atoms. The Morgan fingerprint density at radius 1 is 0.727 bits per heavy atom. The average molecular weight is 297 g/mol. The normalized spacial score (nSPS) is 13.6. The molecule has 0 N–H and O–H groups in total. The van der Waals surface area contributed by atoms with Crippen LogP contribution in [0.4, 0.5) is 0 Å². The predicted molar refractivity (Wildman–Crippen MR) is 60.4 cm³/mol. The summed E-state index contributed by atoms with van der Waals surface area (Å²) in [6.07, 6.45) is 0. The molecule has 11 heavy (non-hydrogen) atoms. The van der Waals surface area contributed by atoms with E-state index in [4.69, 9.17) is 0 Å². The van der Waals surface area contributed by atoms with Gasteiger partial charge in [0.15, 0.2) is 0 Å². The van der Waals surface area contributed by atoms with Gasteiger partial charge in [0.1, 0.15) is 0 Å². The van der Waals surface area contributed by atoms with Gasteiger partial charge in [0.2, 0.25) is 0 Å². The molecule has 0 aliphatic heterocycles. The predicted octanol–water partition coefficient (Wildman–Crippen LogP) is 3.58. The van der Waals surface area contributed by atoms with E-state index in [0.29, 0.717) is 9.49 Å². The van der Waals surface area contributed by atoms with E-state index in [1.807, 2.05) is 0 Å². The second-order valence-electron chi connectivity index (χ2n) is 4.51. The third kappa shape index (κ3) is 11.5. The van der Waals surface area contributed by atoms with Gasteiger partial charge in [0.05, 0.1) is 0 Å². The molecule has 0 atom stereocenters. The Bertz CT molecular complexity index is 96.2. The van der Waals surface area contributed by atoms with Gasteiger partial charge in [0, 0.05) is 0 Å². The molecular weight excluding hydrogens is 279 g/mol. The molecule has 0 aliphatic rings. The Morgan fingerprint density at radius 3 is 1.18 bits per heavy atom. The third-order valence-electron chi connectivity index (χ3n) is 0.696. The average Bonchev–Trinajstić information content (AvgIpc) is 1.55. The molecule has 0 aromatic heterocycles. The van der Waals surface area contributed by atoms with E-state index in [9.17, 15) is 0 Å².